The lowest BCUT2D eigenvalue weighted by Crippen LogP contribution is -2.17. The molecule has 212 valence electrons. The first-order chi connectivity index (χ1) is 21.3. The Labute approximate surface area is 263 Å². The van der Waals surface area contributed by atoms with E-state index in [4.69, 9.17) is 0 Å². The van der Waals surface area contributed by atoms with Gasteiger partial charge in [0.15, 0.2) is 0 Å². The van der Waals surface area contributed by atoms with E-state index < -0.39 is 0 Å². The molecule has 1 aromatic heterocycles. The monoisotopic (exact) mass is 583 g/mol. The minimum atomic E-state index is -0.0610. The number of hydrogen-bond acceptors (Lipinski definition) is 2. The van der Waals surface area contributed by atoms with Crippen LogP contribution < -0.4 is 4.90 Å². The molecule has 0 saturated carbocycles. The molecule has 0 spiro atoms. The highest BCUT2D eigenvalue weighted by atomic mass is 32.1. The standard InChI is InChI=1S/C42H33NS/c1-41(2)35-22-19-27(24-33(35)39-36(41)23-21-32-31-15-9-11-17-38(31)44-40(32)39)43(26-12-6-5-7-13-26)28-18-20-30-29-14-8-10-16-34(29)42(3,4)37(30)25-28/h5-25H,1-4H3. The smallest absolute Gasteiger partial charge is 0.0468 e. The molecule has 7 aromatic rings. The maximum Gasteiger partial charge on any atom is 0.0468 e. The Morgan fingerprint density at radius 2 is 1.09 bits per heavy atom. The molecule has 0 fully saturated rings. The summed E-state index contributed by atoms with van der Waals surface area (Å²) in [6.45, 7) is 9.48. The van der Waals surface area contributed by atoms with Crippen molar-refractivity contribution >= 4 is 48.6 Å². The quantitative estimate of drug-likeness (QED) is 0.200. The van der Waals surface area contributed by atoms with Gasteiger partial charge in [0.2, 0.25) is 0 Å². The van der Waals surface area contributed by atoms with E-state index in [1.165, 1.54) is 81.7 Å². The third-order valence-corrected chi connectivity index (χ3v) is 11.5. The van der Waals surface area contributed by atoms with Gasteiger partial charge in [-0.05, 0) is 81.4 Å². The van der Waals surface area contributed by atoms with Crippen LogP contribution in [0.2, 0.25) is 0 Å². The van der Waals surface area contributed by atoms with Crippen molar-refractivity contribution in [1.82, 2.24) is 0 Å². The van der Waals surface area contributed by atoms with Gasteiger partial charge in [-0.2, -0.15) is 0 Å². The SMILES string of the molecule is CC1(C)c2ccccc2-c2ccc(N(c3ccccc3)c3ccc4c(c3)-c3c(ccc5c3sc3ccccc35)C4(C)C)cc21. The molecule has 0 bridgehead atoms. The summed E-state index contributed by atoms with van der Waals surface area (Å²) in [5, 5.41) is 2.71. The summed E-state index contributed by atoms with van der Waals surface area (Å²) in [4.78, 5) is 2.44. The van der Waals surface area contributed by atoms with E-state index in [-0.39, 0.29) is 10.8 Å². The van der Waals surface area contributed by atoms with E-state index in [0.29, 0.717) is 0 Å². The van der Waals surface area contributed by atoms with Gasteiger partial charge in [-0.25, -0.2) is 0 Å². The fourth-order valence-corrected chi connectivity index (χ4v) is 9.27. The minimum absolute atomic E-state index is 0.0576. The van der Waals surface area contributed by atoms with Gasteiger partial charge in [0.1, 0.15) is 0 Å². The predicted molar refractivity (Wildman–Crippen MR) is 189 cm³/mol. The number of para-hydroxylation sites is 1. The maximum atomic E-state index is 2.45. The molecule has 0 unspecified atom stereocenters. The largest absolute Gasteiger partial charge is 0.310 e. The Bertz CT molecular complexity index is 2290. The molecule has 1 heterocycles. The van der Waals surface area contributed by atoms with Crippen LogP contribution in [0.25, 0.3) is 42.4 Å². The Balaban J connectivity index is 1.27. The van der Waals surface area contributed by atoms with Crippen LogP contribution in [0.3, 0.4) is 0 Å². The molecule has 0 N–H and O–H groups in total. The number of rotatable bonds is 3. The van der Waals surface area contributed by atoms with Crippen LogP contribution in [0.1, 0.15) is 49.9 Å². The Morgan fingerprint density at radius 1 is 0.455 bits per heavy atom. The van der Waals surface area contributed by atoms with Crippen molar-refractivity contribution in [3.63, 3.8) is 0 Å². The number of hydrogen-bond donors (Lipinski definition) is 0. The normalized spacial score (nSPS) is 15.2. The van der Waals surface area contributed by atoms with Crippen molar-refractivity contribution in [2.75, 3.05) is 4.90 Å². The molecule has 9 rings (SSSR count). The Morgan fingerprint density at radius 3 is 1.95 bits per heavy atom. The van der Waals surface area contributed by atoms with E-state index in [2.05, 4.69) is 160 Å². The number of benzene rings is 6. The minimum Gasteiger partial charge on any atom is -0.310 e. The molecule has 2 aliphatic rings. The average Bonchev–Trinajstić information content (AvgIpc) is 3.61. The van der Waals surface area contributed by atoms with Crippen LogP contribution >= 0.6 is 11.3 Å². The number of nitrogens with zero attached hydrogens (tertiary/aromatic N) is 1. The summed E-state index contributed by atoms with van der Waals surface area (Å²) in [5.41, 5.74) is 14.5. The highest BCUT2D eigenvalue weighted by Gasteiger charge is 2.38. The zero-order valence-corrected chi connectivity index (χ0v) is 26.3. The van der Waals surface area contributed by atoms with Gasteiger partial charge in [-0.3, -0.25) is 0 Å². The third-order valence-electron chi connectivity index (χ3n) is 10.3. The average molecular weight is 584 g/mol. The Kier molecular flexibility index (Phi) is 5.24. The fraction of sp³-hybridized carbons (Fsp3) is 0.143. The number of fused-ring (bicyclic) bond motifs is 10. The zero-order valence-electron chi connectivity index (χ0n) is 25.5. The van der Waals surface area contributed by atoms with Crippen LogP contribution in [0.4, 0.5) is 17.1 Å². The van der Waals surface area contributed by atoms with Crippen LogP contribution in [-0.2, 0) is 10.8 Å². The summed E-state index contributed by atoms with van der Waals surface area (Å²) in [7, 11) is 0. The molecule has 44 heavy (non-hydrogen) atoms. The first kappa shape index (κ1) is 25.8. The molecule has 6 aromatic carbocycles. The first-order valence-electron chi connectivity index (χ1n) is 15.5. The van der Waals surface area contributed by atoms with E-state index in [0.717, 1.165) is 0 Å². The molecule has 0 aliphatic heterocycles. The van der Waals surface area contributed by atoms with Crippen molar-refractivity contribution < 1.29 is 0 Å². The van der Waals surface area contributed by atoms with Gasteiger partial charge in [-0.1, -0.05) is 113 Å². The van der Waals surface area contributed by atoms with Crippen LogP contribution in [0, 0.1) is 0 Å². The first-order valence-corrected chi connectivity index (χ1v) is 16.3. The second kappa shape index (κ2) is 8.94. The third kappa shape index (κ3) is 3.41. The van der Waals surface area contributed by atoms with E-state index in [1.54, 1.807) is 0 Å². The van der Waals surface area contributed by atoms with Crippen molar-refractivity contribution in [2.45, 2.75) is 38.5 Å². The van der Waals surface area contributed by atoms with E-state index in [9.17, 15) is 0 Å². The van der Waals surface area contributed by atoms with E-state index >= 15 is 0 Å². The lowest BCUT2D eigenvalue weighted by Gasteiger charge is -2.29. The predicted octanol–water partition coefficient (Wildman–Crippen LogP) is 12.1. The molecular formula is C42H33NS. The zero-order chi connectivity index (χ0) is 29.8. The second-order valence-electron chi connectivity index (χ2n) is 13.4. The van der Waals surface area contributed by atoms with Crippen LogP contribution in [0.5, 0.6) is 0 Å². The maximum absolute atomic E-state index is 2.45. The highest BCUT2D eigenvalue weighted by Crippen LogP contribution is 2.56. The molecule has 2 heteroatoms. The topological polar surface area (TPSA) is 3.24 Å². The second-order valence-corrected chi connectivity index (χ2v) is 14.4. The lowest BCUT2D eigenvalue weighted by atomic mass is 9.82. The number of thiophene rings is 1. The highest BCUT2D eigenvalue weighted by molar-refractivity contribution is 7.26. The Hall–Kier alpha value is -4.66. The van der Waals surface area contributed by atoms with Gasteiger partial charge in [0.05, 0.1) is 0 Å². The van der Waals surface area contributed by atoms with Crippen molar-refractivity contribution in [3.8, 4) is 22.3 Å². The van der Waals surface area contributed by atoms with Gasteiger partial charge in [0.25, 0.3) is 0 Å². The molecule has 0 radical (unpaired) electrons. The van der Waals surface area contributed by atoms with Crippen LogP contribution in [0.15, 0.2) is 127 Å². The van der Waals surface area contributed by atoms with Gasteiger partial charge < -0.3 is 4.90 Å². The van der Waals surface area contributed by atoms with Gasteiger partial charge >= 0.3 is 0 Å². The summed E-state index contributed by atoms with van der Waals surface area (Å²) >= 11 is 1.93. The summed E-state index contributed by atoms with van der Waals surface area (Å²) < 4.78 is 2.75. The summed E-state index contributed by atoms with van der Waals surface area (Å²) in [5.74, 6) is 0. The lowest BCUT2D eigenvalue weighted by molar-refractivity contribution is 0.660. The van der Waals surface area contributed by atoms with Crippen LogP contribution in [-0.4, -0.2) is 0 Å². The van der Waals surface area contributed by atoms with Gasteiger partial charge in [-0.15, -0.1) is 11.3 Å². The van der Waals surface area contributed by atoms with Gasteiger partial charge in [0, 0.05) is 53.6 Å². The summed E-state index contributed by atoms with van der Waals surface area (Å²) in [6.07, 6.45) is 0. The molecule has 0 saturated heterocycles. The van der Waals surface area contributed by atoms with E-state index in [1.807, 2.05) is 11.3 Å². The number of anilines is 3. The fourth-order valence-electron chi connectivity index (χ4n) is 8.00. The molecule has 1 nitrogen and oxygen atoms in total. The molecule has 2 aliphatic carbocycles. The molecule has 0 amide bonds. The molecule has 0 atom stereocenters. The van der Waals surface area contributed by atoms with Crippen molar-refractivity contribution in [3.05, 3.63) is 150 Å². The molecular weight excluding hydrogens is 551 g/mol. The summed E-state index contributed by atoms with van der Waals surface area (Å²) in [6, 6.07) is 47.5. The van der Waals surface area contributed by atoms with Crippen molar-refractivity contribution in [1.29, 1.82) is 0 Å². The van der Waals surface area contributed by atoms with Crippen molar-refractivity contribution in [2.24, 2.45) is 0 Å².